The lowest BCUT2D eigenvalue weighted by Gasteiger charge is -2.18. The van der Waals surface area contributed by atoms with E-state index >= 15 is 0 Å². The molecule has 1 atom stereocenters. The number of nitrogens with zero attached hydrogens (tertiary/aromatic N) is 1. The molecule has 2 heterocycles. The summed E-state index contributed by atoms with van der Waals surface area (Å²) in [5.41, 5.74) is 0.968. The maximum Gasteiger partial charge on any atom is 0.272 e. The fourth-order valence-corrected chi connectivity index (χ4v) is 4.02. The summed E-state index contributed by atoms with van der Waals surface area (Å²) in [6.07, 6.45) is 0.0564. The van der Waals surface area contributed by atoms with E-state index in [1.54, 1.807) is 4.90 Å². The van der Waals surface area contributed by atoms with E-state index in [2.05, 4.69) is 34.7 Å². The summed E-state index contributed by atoms with van der Waals surface area (Å²) in [6.45, 7) is 4.02. The van der Waals surface area contributed by atoms with E-state index in [0.29, 0.717) is 5.92 Å². The van der Waals surface area contributed by atoms with Crippen molar-refractivity contribution in [1.29, 1.82) is 0 Å². The largest absolute Gasteiger partial charge is 0.347 e. The van der Waals surface area contributed by atoms with Gasteiger partial charge in [-0.3, -0.25) is 34.2 Å². The first-order valence-electron chi connectivity index (χ1n) is 11.0. The zero-order valence-electron chi connectivity index (χ0n) is 18.8. The number of fused-ring (bicyclic) bond motifs is 1. The first-order chi connectivity index (χ1) is 16.2. The molecular weight excluding hydrogens is 438 g/mol. The molecule has 34 heavy (non-hydrogen) atoms. The lowest BCUT2D eigenvalue weighted by molar-refractivity contribution is -0.127. The molecule has 1 aliphatic rings. The second-order valence-electron chi connectivity index (χ2n) is 8.56. The molecule has 4 N–H and O–H groups in total. The number of carbonyl (C=O) groups excluding carboxylic acids is 3. The number of H-pyrrole nitrogens is 2. The number of aromatic amines is 2. The number of hydrogen-bond acceptors (Lipinski definition) is 5. The Morgan fingerprint density at radius 2 is 1.79 bits per heavy atom. The smallest absolute Gasteiger partial charge is 0.272 e. The Kier molecular flexibility index (Phi) is 6.31. The van der Waals surface area contributed by atoms with Crippen LogP contribution in [-0.2, 0) is 14.4 Å². The third kappa shape index (κ3) is 4.61. The van der Waals surface area contributed by atoms with Gasteiger partial charge in [0.1, 0.15) is 0 Å². The van der Waals surface area contributed by atoms with Crippen LogP contribution in [0.3, 0.4) is 0 Å². The van der Waals surface area contributed by atoms with E-state index in [1.165, 1.54) is 18.2 Å². The van der Waals surface area contributed by atoms with E-state index in [1.807, 2.05) is 24.3 Å². The van der Waals surface area contributed by atoms with Gasteiger partial charge in [-0.25, -0.2) is 0 Å². The number of carbonyl (C=O) groups is 3. The number of aromatic nitrogens is 2. The Bertz CT molecular complexity index is 1390. The van der Waals surface area contributed by atoms with Crippen LogP contribution in [0.25, 0.3) is 10.8 Å². The number of hydrogen-bond donors (Lipinski definition) is 4. The lowest BCUT2D eigenvalue weighted by atomic mass is 10.0. The SMILES string of the molecule is CC(C)c1cccc(N2CC(C(=O)NCC(=O)Nc3cccc4c(=O)[nH][nH]c(=O)c34)CC2=O)c1. The van der Waals surface area contributed by atoms with Crippen molar-refractivity contribution in [2.75, 3.05) is 23.3 Å². The minimum Gasteiger partial charge on any atom is -0.347 e. The highest BCUT2D eigenvalue weighted by Crippen LogP contribution is 2.28. The molecule has 4 rings (SSSR count). The minimum atomic E-state index is -0.582. The monoisotopic (exact) mass is 463 g/mol. The number of amides is 3. The fraction of sp³-hybridized carbons (Fsp3) is 0.292. The Morgan fingerprint density at radius 1 is 1.06 bits per heavy atom. The van der Waals surface area contributed by atoms with Crippen molar-refractivity contribution in [3.63, 3.8) is 0 Å². The van der Waals surface area contributed by atoms with Gasteiger partial charge in [-0.05, 0) is 35.7 Å². The molecule has 3 aromatic rings. The van der Waals surface area contributed by atoms with E-state index in [0.717, 1.165) is 11.3 Å². The number of rotatable bonds is 6. The van der Waals surface area contributed by atoms with Crippen LogP contribution in [0.5, 0.6) is 0 Å². The van der Waals surface area contributed by atoms with Crippen LogP contribution in [0.1, 0.15) is 31.7 Å². The zero-order valence-corrected chi connectivity index (χ0v) is 18.8. The summed E-state index contributed by atoms with van der Waals surface area (Å²) < 4.78 is 0. The molecule has 1 unspecified atom stereocenters. The molecule has 0 spiro atoms. The van der Waals surface area contributed by atoms with Gasteiger partial charge >= 0.3 is 0 Å². The topological polar surface area (TPSA) is 144 Å². The maximum atomic E-state index is 12.6. The highest BCUT2D eigenvalue weighted by molar-refractivity contribution is 6.04. The standard InChI is InChI=1S/C24H25N5O5/c1-13(2)14-5-3-6-16(9-14)29-12-15(10-20(29)31)22(32)25-11-19(30)26-18-8-4-7-17-21(18)24(34)28-27-23(17)33/h3-9,13,15H,10-12H2,1-2H3,(H,25,32)(H,26,30)(H,27,33)(H,28,34). The van der Waals surface area contributed by atoms with E-state index < -0.39 is 28.9 Å². The van der Waals surface area contributed by atoms with Crippen LogP contribution in [-0.4, -0.2) is 41.0 Å². The van der Waals surface area contributed by atoms with Gasteiger partial charge < -0.3 is 15.5 Å². The van der Waals surface area contributed by atoms with Gasteiger partial charge in [-0.2, -0.15) is 0 Å². The average Bonchev–Trinajstić information content (AvgIpc) is 3.21. The summed E-state index contributed by atoms with van der Waals surface area (Å²) >= 11 is 0. The zero-order chi connectivity index (χ0) is 24.4. The molecule has 1 aliphatic heterocycles. The van der Waals surface area contributed by atoms with Crippen molar-refractivity contribution in [1.82, 2.24) is 15.5 Å². The second-order valence-corrected chi connectivity index (χ2v) is 8.56. The van der Waals surface area contributed by atoms with Crippen molar-refractivity contribution >= 4 is 39.9 Å². The van der Waals surface area contributed by atoms with E-state index in [4.69, 9.17) is 0 Å². The first kappa shape index (κ1) is 23.0. The summed E-state index contributed by atoms with van der Waals surface area (Å²) in [7, 11) is 0. The van der Waals surface area contributed by atoms with Crippen molar-refractivity contribution in [2.45, 2.75) is 26.2 Å². The summed E-state index contributed by atoms with van der Waals surface area (Å²) in [5, 5.41) is 9.75. The van der Waals surface area contributed by atoms with Crippen molar-refractivity contribution in [3.05, 3.63) is 68.7 Å². The quantitative estimate of drug-likeness (QED) is 0.437. The molecule has 1 saturated heterocycles. The number of benzene rings is 2. The molecule has 176 valence electrons. The molecule has 10 nitrogen and oxygen atoms in total. The van der Waals surface area contributed by atoms with E-state index in [9.17, 15) is 24.0 Å². The molecule has 0 aliphatic carbocycles. The van der Waals surface area contributed by atoms with Crippen LogP contribution in [0.4, 0.5) is 11.4 Å². The normalized spacial score (nSPS) is 15.7. The first-order valence-corrected chi connectivity index (χ1v) is 11.0. The van der Waals surface area contributed by atoms with Gasteiger partial charge in [0.2, 0.25) is 17.7 Å². The van der Waals surface area contributed by atoms with Crippen molar-refractivity contribution < 1.29 is 14.4 Å². The second kappa shape index (κ2) is 9.34. The molecule has 2 aromatic carbocycles. The van der Waals surface area contributed by atoms with Crippen LogP contribution >= 0.6 is 0 Å². The van der Waals surface area contributed by atoms with Gasteiger partial charge in [0.25, 0.3) is 11.1 Å². The van der Waals surface area contributed by atoms with Crippen molar-refractivity contribution in [3.8, 4) is 0 Å². The summed E-state index contributed by atoms with van der Waals surface area (Å²) in [6, 6.07) is 12.2. The molecule has 0 bridgehead atoms. The Morgan fingerprint density at radius 3 is 2.56 bits per heavy atom. The third-order valence-corrected chi connectivity index (χ3v) is 5.87. The van der Waals surface area contributed by atoms with E-state index in [-0.39, 0.29) is 41.9 Å². The Labute approximate surface area is 194 Å². The predicted octanol–water partition coefficient (Wildman–Crippen LogP) is 1.45. The molecule has 0 radical (unpaired) electrons. The fourth-order valence-electron chi connectivity index (χ4n) is 4.02. The Hall–Kier alpha value is -4.21. The molecule has 1 fully saturated rings. The van der Waals surface area contributed by atoms with Gasteiger partial charge in [0.15, 0.2) is 0 Å². The minimum absolute atomic E-state index is 0.0478. The molecule has 10 heteroatoms. The maximum absolute atomic E-state index is 12.6. The van der Waals surface area contributed by atoms with Gasteiger partial charge in [-0.1, -0.05) is 32.0 Å². The van der Waals surface area contributed by atoms with Gasteiger partial charge in [0.05, 0.1) is 28.9 Å². The summed E-state index contributed by atoms with van der Waals surface area (Å²) in [4.78, 5) is 63.2. The lowest BCUT2D eigenvalue weighted by Crippen LogP contribution is -2.38. The third-order valence-electron chi connectivity index (χ3n) is 5.87. The van der Waals surface area contributed by atoms with Gasteiger partial charge in [-0.15, -0.1) is 0 Å². The number of nitrogens with one attached hydrogen (secondary N) is 4. The molecule has 0 saturated carbocycles. The molecule has 3 amide bonds. The van der Waals surface area contributed by atoms with Crippen LogP contribution in [0.15, 0.2) is 52.1 Å². The molecular formula is C24H25N5O5. The predicted molar refractivity (Wildman–Crippen MR) is 128 cm³/mol. The number of anilines is 2. The highest BCUT2D eigenvalue weighted by atomic mass is 16.2. The molecule has 1 aromatic heterocycles. The van der Waals surface area contributed by atoms with Crippen molar-refractivity contribution in [2.24, 2.45) is 5.92 Å². The highest BCUT2D eigenvalue weighted by Gasteiger charge is 2.35. The van der Waals surface area contributed by atoms with Crippen LogP contribution in [0.2, 0.25) is 0 Å². The van der Waals surface area contributed by atoms with Gasteiger partial charge in [0, 0.05) is 18.7 Å². The van der Waals surface area contributed by atoms with Crippen LogP contribution in [0, 0.1) is 5.92 Å². The summed E-state index contributed by atoms with van der Waals surface area (Å²) in [5.74, 6) is -1.39. The average molecular weight is 463 g/mol. The van der Waals surface area contributed by atoms with Crippen LogP contribution < -0.4 is 26.7 Å². The Balaban J connectivity index is 1.39.